The number of allylic oxidation sites excluding steroid dienone is 1. The number of benzene rings is 2. The monoisotopic (exact) mass is 896 g/mol. The fraction of sp³-hybridized carbons (Fsp3) is 0.102. The van der Waals surface area contributed by atoms with Crippen molar-refractivity contribution in [3.63, 3.8) is 0 Å². The number of aromatic amines is 3. The number of hydrogen-bond donors (Lipinski definition) is 3. The molecule has 0 unspecified atom stereocenters. The van der Waals surface area contributed by atoms with Gasteiger partial charge in [-0.05, 0) is 151 Å². The third kappa shape index (κ3) is 7.96. The number of aromatic nitrogens is 8. The van der Waals surface area contributed by atoms with Crippen molar-refractivity contribution in [3.05, 3.63) is 190 Å². The highest BCUT2D eigenvalue weighted by Crippen LogP contribution is 2.36. The molecule has 8 aromatic rings. The summed E-state index contributed by atoms with van der Waals surface area (Å²) in [5.41, 5.74) is 20.2. The number of carbonyl (C=O) groups is 1. The summed E-state index contributed by atoms with van der Waals surface area (Å²) < 4.78 is 7.18. The lowest BCUT2D eigenvalue weighted by Gasteiger charge is -2.15. The Morgan fingerprint density at radius 3 is 1.93 bits per heavy atom. The number of carbonyl (C=O) groups excluding carboxylic acids is 1. The lowest BCUT2D eigenvalue weighted by Crippen LogP contribution is -2.14. The molecule has 0 saturated heterocycles. The van der Waals surface area contributed by atoms with Gasteiger partial charge in [0.2, 0.25) is 0 Å². The van der Waals surface area contributed by atoms with Gasteiger partial charge in [0, 0.05) is 91.1 Å². The summed E-state index contributed by atoms with van der Waals surface area (Å²) >= 11 is 0. The molecule has 10 heterocycles. The molecule has 4 aliphatic rings. The molecule has 69 heavy (non-hydrogen) atoms. The Morgan fingerprint density at radius 1 is 0.594 bits per heavy atom. The van der Waals surface area contributed by atoms with E-state index in [1.54, 1.807) is 12.1 Å². The smallest absolute Gasteiger partial charge is 0.337 e. The molecule has 16 bridgehead atoms. The largest absolute Gasteiger partial charge is 0.465 e. The maximum Gasteiger partial charge on any atom is 0.337 e. The number of H-pyrrole nitrogens is 3. The van der Waals surface area contributed by atoms with E-state index in [0.29, 0.717) is 5.56 Å². The second kappa shape index (κ2) is 16.4. The van der Waals surface area contributed by atoms with Crippen molar-refractivity contribution < 1.29 is 9.53 Å². The SMILES string of the molecule is COC(=O)c1ccc(-c2c3nc(cc4nc(cc5ccc(cc6ccc2[nH]6)[nH]5)C(C)(C)C4)C(C#Cc2ccc(-c4c5nc(cc6ccc(cc7ccc(cc8nc4C=C8)n7C)[nH]6)C=C5)cc2)=C3)cc1. The Labute approximate surface area is 397 Å². The van der Waals surface area contributed by atoms with Gasteiger partial charge in [-0.2, -0.15) is 0 Å². The van der Waals surface area contributed by atoms with Crippen molar-refractivity contribution in [2.24, 2.45) is 7.05 Å². The lowest BCUT2D eigenvalue weighted by molar-refractivity contribution is 0.0600. The first-order valence-electron chi connectivity index (χ1n) is 22.9. The highest BCUT2D eigenvalue weighted by Gasteiger charge is 2.29. The summed E-state index contributed by atoms with van der Waals surface area (Å²) in [5, 5.41) is 0. The minimum absolute atomic E-state index is 0.195. The Hall–Kier alpha value is -9.07. The quantitative estimate of drug-likeness (QED) is 0.120. The number of fused-ring (bicyclic) bond motifs is 16. The van der Waals surface area contributed by atoms with E-state index in [-0.39, 0.29) is 5.41 Å². The first-order chi connectivity index (χ1) is 33.6. The maximum absolute atomic E-state index is 12.5. The molecule has 0 spiro atoms. The minimum atomic E-state index is -0.396. The standard InChI is InChI=1S/C59H44N8O2/c1-59(2)34-47-32-53-39(27-54(66-53)57(37-11-13-38(14-12-37)58(68)69-4)52-25-20-43(63-52)29-41-16-18-46(61-41)33-55(59)65-47)10-7-35-5-8-36(9-6-35)56-50-24-19-42(62-50)28-40-15-17-44(60-40)30-48-22-23-49(67(48)3)31-45-21-26-51(56)64-45/h5-6,8-9,11-33,60-61,63H,34H2,1-4H3. The van der Waals surface area contributed by atoms with Crippen LogP contribution in [0.4, 0.5) is 0 Å². The fourth-order valence-electron chi connectivity index (χ4n) is 9.40. The van der Waals surface area contributed by atoms with E-state index >= 15 is 0 Å². The van der Waals surface area contributed by atoms with Crippen LogP contribution in [0.1, 0.15) is 75.3 Å². The molecule has 10 heteroatoms. The Morgan fingerprint density at radius 2 is 1.20 bits per heavy atom. The van der Waals surface area contributed by atoms with Crippen LogP contribution in [0.25, 0.3) is 102 Å². The molecule has 4 aliphatic heterocycles. The average molecular weight is 897 g/mol. The van der Waals surface area contributed by atoms with E-state index in [1.165, 1.54) is 7.11 Å². The fourth-order valence-corrected chi connectivity index (χ4v) is 9.40. The number of methoxy groups -OCH3 is 1. The zero-order valence-corrected chi connectivity index (χ0v) is 38.3. The molecule has 12 rings (SSSR count). The summed E-state index contributed by atoms with van der Waals surface area (Å²) in [6, 6.07) is 45.0. The second-order valence-electron chi connectivity index (χ2n) is 18.3. The van der Waals surface area contributed by atoms with Crippen LogP contribution in [0.2, 0.25) is 0 Å². The normalized spacial score (nSPS) is 13.5. The van der Waals surface area contributed by atoms with Crippen molar-refractivity contribution in [2.45, 2.75) is 25.7 Å². The Kier molecular flexibility index (Phi) is 9.81. The molecule has 10 nitrogen and oxygen atoms in total. The molecule has 0 amide bonds. The van der Waals surface area contributed by atoms with Gasteiger partial charge in [0.1, 0.15) is 0 Å². The van der Waals surface area contributed by atoms with Crippen LogP contribution in [-0.4, -0.2) is 52.5 Å². The molecule has 0 radical (unpaired) electrons. The topological polar surface area (TPSA) is 130 Å². The first-order valence-corrected chi connectivity index (χ1v) is 22.9. The van der Waals surface area contributed by atoms with Gasteiger partial charge in [-0.15, -0.1) is 0 Å². The van der Waals surface area contributed by atoms with E-state index in [2.05, 4.69) is 186 Å². The number of esters is 1. The van der Waals surface area contributed by atoms with Gasteiger partial charge >= 0.3 is 5.97 Å². The molecule has 0 atom stereocenters. The Bertz CT molecular complexity index is 3970. The minimum Gasteiger partial charge on any atom is -0.465 e. The molecule has 6 aromatic heterocycles. The number of hydrogen-bond acceptors (Lipinski definition) is 6. The van der Waals surface area contributed by atoms with Gasteiger partial charge in [0.05, 0.1) is 52.4 Å². The van der Waals surface area contributed by atoms with Crippen molar-refractivity contribution >= 4 is 86.1 Å². The van der Waals surface area contributed by atoms with Crippen LogP contribution in [0.3, 0.4) is 0 Å². The van der Waals surface area contributed by atoms with Crippen LogP contribution in [0.5, 0.6) is 0 Å². The van der Waals surface area contributed by atoms with Crippen LogP contribution in [0, 0.1) is 11.8 Å². The molecule has 332 valence electrons. The van der Waals surface area contributed by atoms with E-state index in [9.17, 15) is 4.79 Å². The maximum atomic E-state index is 12.5. The zero-order valence-electron chi connectivity index (χ0n) is 38.3. The highest BCUT2D eigenvalue weighted by molar-refractivity contribution is 5.99. The third-order valence-electron chi connectivity index (χ3n) is 13.0. The number of nitrogens with zero attached hydrogens (tertiary/aromatic N) is 5. The van der Waals surface area contributed by atoms with Crippen LogP contribution < -0.4 is 0 Å². The molecule has 0 saturated carbocycles. The van der Waals surface area contributed by atoms with Crippen LogP contribution >= 0.6 is 0 Å². The first kappa shape index (κ1) is 41.4. The van der Waals surface area contributed by atoms with E-state index in [1.807, 2.05) is 18.2 Å². The summed E-state index contributed by atoms with van der Waals surface area (Å²) in [7, 11) is 3.46. The Balaban J connectivity index is 0.993. The second-order valence-corrected chi connectivity index (χ2v) is 18.3. The number of rotatable bonds is 3. The summed E-state index contributed by atoms with van der Waals surface area (Å²) in [6.07, 6.45) is 11.0. The van der Waals surface area contributed by atoms with Gasteiger partial charge in [-0.1, -0.05) is 50.0 Å². The molecular formula is C59H44N8O2. The molecular weight excluding hydrogens is 853 g/mol. The van der Waals surface area contributed by atoms with Gasteiger partial charge in [0.25, 0.3) is 0 Å². The summed E-state index contributed by atoms with van der Waals surface area (Å²) in [6.45, 7) is 4.45. The van der Waals surface area contributed by atoms with Gasteiger partial charge in [-0.3, -0.25) is 4.98 Å². The van der Waals surface area contributed by atoms with Crippen molar-refractivity contribution in [1.82, 2.24) is 39.5 Å². The van der Waals surface area contributed by atoms with Crippen molar-refractivity contribution in [1.29, 1.82) is 0 Å². The van der Waals surface area contributed by atoms with E-state index in [0.717, 1.165) is 129 Å². The van der Waals surface area contributed by atoms with Gasteiger partial charge in [0.15, 0.2) is 0 Å². The predicted octanol–water partition coefficient (Wildman–Crippen LogP) is 12.5. The summed E-state index contributed by atoms with van der Waals surface area (Å²) in [4.78, 5) is 43.9. The number of ether oxygens (including phenoxy) is 1. The average Bonchev–Trinajstić information content (AvgIpc) is 4.22. The number of aryl methyl sites for hydroxylation is 1. The van der Waals surface area contributed by atoms with E-state index < -0.39 is 5.97 Å². The van der Waals surface area contributed by atoms with Gasteiger partial charge in [-0.25, -0.2) is 19.7 Å². The third-order valence-corrected chi connectivity index (χ3v) is 13.0. The van der Waals surface area contributed by atoms with Gasteiger partial charge < -0.3 is 24.3 Å². The van der Waals surface area contributed by atoms with Crippen molar-refractivity contribution in [2.75, 3.05) is 7.11 Å². The molecule has 0 aliphatic carbocycles. The predicted molar refractivity (Wildman–Crippen MR) is 278 cm³/mol. The lowest BCUT2D eigenvalue weighted by atomic mass is 9.87. The molecule has 2 aromatic carbocycles. The van der Waals surface area contributed by atoms with Crippen LogP contribution in [-0.2, 0) is 23.6 Å². The number of nitrogens with one attached hydrogen (secondary N) is 3. The summed E-state index contributed by atoms with van der Waals surface area (Å²) in [5.74, 6) is 6.59. The highest BCUT2D eigenvalue weighted by atomic mass is 16.5. The van der Waals surface area contributed by atoms with Crippen LogP contribution in [0.15, 0.2) is 133 Å². The molecule has 0 fully saturated rings. The zero-order chi connectivity index (χ0) is 46.8. The van der Waals surface area contributed by atoms with E-state index in [4.69, 9.17) is 24.7 Å². The molecule has 3 N–H and O–H groups in total. The van der Waals surface area contributed by atoms with Crippen molar-refractivity contribution in [3.8, 4) is 34.1 Å².